The van der Waals surface area contributed by atoms with E-state index in [0.29, 0.717) is 11.8 Å². The van der Waals surface area contributed by atoms with Gasteiger partial charge in [0.15, 0.2) is 11.6 Å². The summed E-state index contributed by atoms with van der Waals surface area (Å²) in [5.74, 6) is -0.881. The number of nitro groups is 1. The second kappa shape index (κ2) is 5.20. The van der Waals surface area contributed by atoms with E-state index in [1.165, 1.54) is 13.0 Å². The Bertz CT molecular complexity index is 420. The summed E-state index contributed by atoms with van der Waals surface area (Å²) >= 11 is 0. The number of nitro benzene ring substituents is 1. The van der Waals surface area contributed by atoms with Crippen LogP contribution in [0.5, 0.6) is 5.75 Å². The molecular formula is C10H10FNO4. The Balaban J connectivity index is 2.92. The van der Waals surface area contributed by atoms with Crippen LogP contribution in [0, 0.1) is 22.9 Å². The van der Waals surface area contributed by atoms with Crippen LogP contribution >= 0.6 is 0 Å². The van der Waals surface area contributed by atoms with E-state index in [1.54, 1.807) is 0 Å². The average molecular weight is 227 g/mol. The molecule has 0 saturated carbocycles. The van der Waals surface area contributed by atoms with Crippen LogP contribution in [0.4, 0.5) is 10.1 Å². The van der Waals surface area contributed by atoms with Crippen LogP contribution in [0.1, 0.15) is 12.0 Å². The zero-order valence-corrected chi connectivity index (χ0v) is 8.60. The molecule has 0 fully saturated rings. The fourth-order valence-corrected chi connectivity index (χ4v) is 1.17. The number of benzene rings is 1. The largest absolute Gasteiger partial charge is 0.490 e. The molecule has 0 bridgehead atoms. The third-order valence-electron chi connectivity index (χ3n) is 1.94. The summed E-state index contributed by atoms with van der Waals surface area (Å²) in [4.78, 5) is 19.9. The van der Waals surface area contributed by atoms with Crippen LogP contribution in [0.15, 0.2) is 12.1 Å². The summed E-state index contributed by atoms with van der Waals surface area (Å²) in [5.41, 5.74) is 0.0211. The van der Waals surface area contributed by atoms with Gasteiger partial charge in [-0.1, -0.05) is 0 Å². The molecule has 0 heterocycles. The van der Waals surface area contributed by atoms with Gasteiger partial charge in [0.25, 0.3) is 5.69 Å². The molecule has 0 aliphatic carbocycles. The molecule has 16 heavy (non-hydrogen) atoms. The number of carbonyl (C=O) groups is 1. The van der Waals surface area contributed by atoms with Gasteiger partial charge in [0.2, 0.25) is 0 Å². The molecule has 0 saturated heterocycles. The predicted molar refractivity (Wildman–Crippen MR) is 54.0 cm³/mol. The second-order valence-corrected chi connectivity index (χ2v) is 3.13. The first-order chi connectivity index (χ1) is 7.56. The molecule has 0 spiro atoms. The van der Waals surface area contributed by atoms with Gasteiger partial charge < -0.3 is 9.53 Å². The lowest BCUT2D eigenvalue weighted by atomic mass is 10.2. The number of carbonyl (C=O) groups excluding carboxylic acids is 1. The topological polar surface area (TPSA) is 69.4 Å². The lowest BCUT2D eigenvalue weighted by Crippen LogP contribution is -2.01. The molecule has 0 radical (unpaired) electrons. The maximum atomic E-state index is 13.3. The van der Waals surface area contributed by atoms with Crippen molar-refractivity contribution >= 4 is 12.0 Å². The number of hydrogen-bond acceptors (Lipinski definition) is 4. The molecule has 1 aromatic carbocycles. The van der Waals surface area contributed by atoms with Gasteiger partial charge in [-0.25, -0.2) is 4.39 Å². The van der Waals surface area contributed by atoms with E-state index in [-0.39, 0.29) is 24.5 Å². The third-order valence-corrected chi connectivity index (χ3v) is 1.94. The minimum atomic E-state index is -0.803. The fourth-order valence-electron chi connectivity index (χ4n) is 1.17. The molecule has 0 N–H and O–H groups in total. The van der Waals surface area contributed by atoms with Crippen LogP contribution in [0.2, 0.25) is 0 Å². The van der Waals surface area contributed by atoms with Gasteiger partial charge in [-0.15, -0.1) is 0 Å². The van der Waals surface area contributed by atoms with Gasteiger partial charge in [0, 0.05) is 12.0 Å². The molecule has 86 valence electrons. The highest BCUT2D eigenvalue weighted by atomic mass is 19.1. The van der Waals surface area contributed by atoms with Crippen molar-refractivity contribution in [3.05, 3.63) is 33.6 Å². The van der Waals surface area contributed by atoms with E-state index >= 15 is 0 Å². The quantitative estimate of drug-likeness (QED) is 0.334. The number of ether oxygens (including phenoxy) is 1. The zero-order valence-electron chi connectivity index (χ0n) is 8.60. The average Bonchev–Trinajstić information content (AvgIpc) is 2.22. The van der Waals surface area contributed by atoms with E-state index < -0.39 is 10.7 Å². The highest BCUT2D eigenvalue weighted by Crippen LogP contribution is 2.26. The van der Waals surface area contributed by atoms with E-state index in [9.17, 15) is 19.3 Å². The van der Waals surface area contributed by atoms with Crippen molar-refractivity contribution in [1.29, 1.82) is 0 Å². The first-order valence-corrected chi connectivity index (χ1v) is 4.57. The van der Waals surface area contributed by atoms with E-state index in [0.717, 1.165) is 6.07 Å². The lowest BCUT2D eigenvalue weighted by Gasteiger charge is -2.06. The van der Waals surface area contributed by atoms with Crippen LogP contribution in [0.25, 0.3) is 0 Å². The van der Waals surface area contributed by atoms with Gasteiger partial charge in [-0.3, -0.25) is 10.1 Å². The van der Waals surface area contributed by atoms with E-state index in [2.05, 4.69) is 0 Å². The van der Waals surface area contributed by atoms with Crippen molar-refractivity contribution in [3.8, 4) is 5.75 Å². The number of rotatable bonds is 5. The Hall–Kier alpha value is -1.98. The fraction of sp³-hybridized carbons (Fsp3) is 0.300. The molecule has 5 nitrogen and oxygen atoms in total. The molecule has 1 rings (SSSR count). The van der Waals surface area contributed by atoms with Gasteiger partial charge in [-0.05, 0) is 13.0 Å². The molecular weight excluding hydrogens is 217 g/mol. The Morgan fingerprint density at radius 2 is 2.25 bits per heavy atom. The van der Waals surface area contributed by atoms with Crippen molar-refractivity contribution < 1.29 is 18.8 Å². The Morgan fingerprint density at radius 1 is 1.56 bits per heavy atom. The van der Waals surface area contributed by atoms with Crippen molar-refractivity contribution in [2.45, 2.75) is 13.3 Å². The third kappa shape index (κ3) is 2.75. The number of nitrogens with zero attached hydrogens (tertiary/aromatic N) is 1. The summed E-state index contributed by atoms with van der Waals surface area (Å²) < 4.78 is 18.3. The molecule has 1 aromatic rings. The van der Waals surface area contributed by atoms with Crippen LogP contribution in [0.3, 0.4) is 0 Å². The van der Waals surface area contributed by atoms with Crippen molar-refractivity contribution in [1.82, 2.24) is 0 Å². The highest BCUT2D eigenvalue weighted by molar-refractivity contribution is 5.49. The minimum Gasteiger partial charge on any atom is -0.490 e. The molecule has 0 atom stereocenters. The zero-order chi connectivity index (χ0) is 12.1. The number of hydrogen-bond donors (Lipinski definition) is 0. The van der Waals surface area contributed by atoms with Crippen molar-refractivity contribution in [3.63, 3.8) is 0 Å². The Morgan fingerprint density at radius 3 is 2.81 bits per heavy atom. The second-order valence-electron chi connectivity index (χ2n) is 3.13. The maximum Gasteiger partial charge on any atom is 0.275 e. The Kier molecular flexibility index (Phi) is 3.93. The normalized spacial score (nSPS) is 9.88. The summed E-state index contributed by atoms with van der Waals surface area (Å²) in [5, 5.41) is 10.5. The van der Waals surface area contributed by atoms with Crippen LogP contribution in [-0.2, 0) is 4.79 Å². The van der Waals surface area contributed by atoms with Crippen LogP contribution < -0.4 is 4.74 Å². The number of aldehydes is 1. The monoisotopic (exact) mass is 227 g/mol. The first-order valence-electron chi connectivity index (χ1n) is 4.57. The van der Waals surface area contributed by atoms with Gasteiger partial charge in [0.05, 0.1) is 17.6 Å². The minimum absolute atomic E-state index is 0.0532. The van der Waals surface area contributed by atoms with Gasteiger partial charge in [0.1, 0.15) is 6.29 Å². The van der Waals surface area contributed by atoms with Crippen molar-refractivity contribution in [2.75, 3.05) is 6.61 Å². The van der Waals surface area contributed by atoms with Gasteiger partial charge in [-0.2, -0.15) is 0 Å². The Labute approximate surface area is 91.0 Å². The molecule has 0 amide bonds. The summed E-state index contributed by atoms with van der Waals surface area (Å²) in [6.07, 6.45) is 0.797. The lowest BCUT2D eigenvalue weighted by molar-refractivity contribution is -0.385. The number of aryl methyl sites for hydroxylation is 1. The SMILES string of the molecule is Cc1cc(OCCC=O)c(F)cc1[N+](=O)[O-]. The van der Waals surface area contributed by atoms with Crippen molar-refractivity contribution in [2.24, 2.45) is 0 Å². The molecule has 0 aliphatic rings. The molecule has 0 unspecified atom stereocenters. The highest BCUT2D eigenvalue weighted by Gasteiger charge is 2.15. The molecule has 6 heteroatoms. The first kappa shape index (κ1) is 12.1. The molecule has 0 aromatic heterocycles. The summed E-state index contributed by atoms with van der Waals surface area (Å²) in [6.45, 7) is 1.54. The van der Waals surface area contributed by atoms with E-state index in [1.807, 2.05) is 0 Å². The van der Waals surface area contributed by atoms with Gasteiger partial charge >= 0.3 is 0 Å². The summed E-state index contributed by atoms with van der Waals surface area (Å²) in [6, 6.07) is 2.06. The maximum absolute atomic E-state index is 13.3. The number of halogens is 1. The standard InChI is InChI=1S/C10H10FNO4/c1-7-5-10(16-4-2-3-13)8(11)6-9(7)12(14)15/h3,5-6H,2,4H2,1H3. The van der Waals surface area contributed by atoms with Crippen LogP contribution in [-0.4, -0.2) is 17.8 Å². The smallest absolute Gasteiger partial charge is 0.275 e. The molecule has 0 aliphatic heterocycles. The summed E-state index contributed by atoms with van der Waals surface area (Å²) in [7, 11) is 0. The predicted octanol–water partition coefficient (Wildman–Crippen LogP) is 2.01. The van der Waals surface area contributed by atoms with E-state index in [4.69, 9.17) is 4.74 Å².